The zero-order valence-corrected chi connectivity index (χ0v) is 12.9. The molecule has 2 N–H and O–H groups in total. The van der Waals surface area contributed by atoms with Crippen LogP contribution in [0.25, 0.3) is 0 Å². The molecule has 2 unspecified atom stereocenters. The molecule has 2 atom stereocenters. The van der Waals surface area contributed by atoms with Crippen molar-refractivity contribution >= 4 is 46.3 Å². The summed E-state index contributed by atoms with van der Waals surface area (Å²) in [6.07, 6.45) is 0. The van der Waals surface area contributed by atoms with Gasteiger partial charge in [0, 0.05) is 15.8 Å². The van der Waals surface area contributed by atoms with Crippen LogP contribution in [0, 0.1) is 0 Å². The van der Waals surface area contributed by atoms with Gasteiger partial charge in [-0.3, -0.25) is 0 Å². The first-order valence-corrected chi connectivity index (χ1v) is 7.95. The molecule has 0 aliphatic heterocycles. The molecule has 1 nitrogen and oxygen atoms in total. The number of thiophene rings is 1. The lowest BCUT2D eigenvalue weighted by Crippen LogP contribution is -2.21. The van der Waals surface area contributed by atoms with Crippen LogP contribution < -0.4 is 5.73 Å². The second-order valence-corrected chi connectivity index (χ2v) is 7.31. The van der Waals surface area contributed by atoms with Crippen LogP contribution in [-0.4, -0.2) is 6.04 Å². The minimum atomic E-state index is 0.0287. The highest BCUT2D eigenvalue weighted by Gasteiger charge is 2.20. The second-order valence-electron chi connectivity index (χ2n) is 3.97. The first-order chi connectivity index (χ1) is 8.58. The monoisotopic (exact) mass is 317 g/mol. The summed E-state index contributed by atoms with van der Waals surface area (Å²) < 4.78 is 0.787. The molecule has 0 amide bonds. The Morgan fingerprint density at radius 2 is 1.89 bits per heavy atom. The summed E-state index contributed by atoms with van der Waals surface area (Å²) in [7, 11) is 0. The van der Waals surface area contributed by atoms with Gasteiger partial charge in [0.2, 0.25) is 0 Å². The molecule has 1 aromatic heterocycles. The van der Waals surface area contributed by atoms with Crippen molar-refractivity contribution < 1.29 is 0 Å². The molecule has 0 aliphatic carbocycles. The van der Waals surface area contributed by atoms with Crippen LogP contribution in [0.1, 0.15) is 17.1 Å². The van der Waals surface area contributed by atoms with E-state index in [1.165, 1.54) is 4.88 Å². The lowest BCUT2D eigenvalue weighted by Gasteiger charge is -2.19. The summed E-state index contributed by atoms with van der Waals surface area (Å²) in [5.41, 5.74) is 6.08. The summed E-state index contributed by atoms with van der Waals surface area (Å²) >= 11 is 15.4. The Kier molecular flexibility index (Phi) is 4.98. The molecular formula is C13H13Cl2NS2. The van der Waals surface area contributed by atoms with Gasteiger partial charge in [-0.1, -0.05) is 35.3 Å². The van der Waals surface area contributed by atoms with Gasteiger partial charge in [0.05, 0.1) is 14.6 Å². The normalized spacial score (nSPS) is 14.4. The molecule has 2 aromatic rings. The van der Waals surface area contributed by atoms with Crippen molar-refractivity contribution in [3.8, 4) is 0 Å². The fraction of sp³-hybridized carbons (Fsp3) is 0.231. The Labute approximate surface area is 125 Å². The quantitative estimate of drug-likeness (QED) is 0.781. The smallest absolute Gasteiger partial charge is 0.0931 e. The number of halogens is 2. The molecule has 0 saturated heterocycles. The first-order valence-electron chi connectivity index (χ1n) is 5.50. The number of rotatable bonds is 4. The summed E-state index contributed by atoms with van der Waals surface area (Å²) in [5, 5.41) is 0.929. The van der Waals surface area contributed by atoms with E-state index in [1.54, 1.807) is 23.1 Å². The van der Waals surface area contributed by atoms with Crippen LogP contribution in [-0.2, 0) is 0 Å². The van der Waals surface area contributed by atoms with Crippen LogP contribution >= 0.6 is 46.3 Å². The standard InChI is InChI=1S/C13H13Cl2NS2/c1-8(16)13(11-6-7-12(15)17-11)18-10-5-3-2-4-9(10)14/h2-8,13H,16H2,1H3. The molecule has 2 rings (SSSR count). The lowest BCUT2D eigenvalue weighted by atomic mass is 10.2. The third-order valence-corrected chi connectivity index (χ3v) is 5.89. The van der Waals surface area contributed by atoms with Gasteiger partial charge in [-0.05, 0) is 31.2 Å². The van der Waals surface area contributed by atoms with Crippen LogP contribution in [0.3, 0.4) is 0 Å². The Morgan fingerprint density at radius 1 is 1.17 bits per heavy atom. The molecule has 1 heterocycles. The number of nitrogens with two attached hydrogens (primary N) is 1. The topological polar surface area (TPSA) is 26.0 Å². The van der Waals surface area contributed by atoms with Gasteiger partial charge in [-0.15, -0.1) is 23.1 Å². The zero-order chi connectivity index (χ0) is 13.1. The molecule has 0 bridgehead atoms. The van der Waals surface area contributed by atoms with Gasteiger partial charge >= 0.3 is 0 Å². The maximum absolute atomic E-state index is 6.18. The largest absolute Gasteiger partial charge is 0.327 e. The first kappa shape index (κ1) is 14.2. The molecule has 5 heteroatoms. The fourth-order valence-corrected chi connectivity index (χ4v) is 4.32. The molecule has 1 aromatic carbocycles. The maximum Gasteiger partial charge on any atom is 0.0931 e. The maximum atomic E-state index is 6.18. The number of benzene rings is 1. The van der Waals surface area contributed by atoms with E-state index in [1.807, 2.05) is 43.3 Å². The summed E-state index contributed by atoms with van der Waals surface area (Å²) in [4.78, 5) is 2.23. The Balaban J connectivity index is 2.25. The zero-order valence-electron chi connectivity index (χ0n) is 9.77. The highest BCUT2D eigenvalue weighted by molar-refractivity contribution is 7.99. The average Bonchev–Trinajstić information content (AvgIpc) is 2.74. The average molecular weight is 318 g/mol. The molecule has 0 aliphatic rings. The van der Waals surface area contributed by atoms with Gasteiger partial charge in [-0.2, -0.15) is 0 Å². The van der Waals surface area contributed by atoms with Crippen LogP contribution in [0.4, 0.5) is 0 Å². The molecule has 96 valence electrons. The third kappa shape index (κ3) is 3.43. The van der Waals surface area contributed by atoms with Crippen molar-refractivity contribution in [3.05, 3.63) is 50.6 Å². The van der Waals surface area contributed by atoms with Crippen molar-refractivity contribution in [2.75, 3.05) is 0 Å². The van der Waals surface area contributed by atoms with Crippen molar-refractivity contribution in [3.63, 3.8) is 0 Å². The van der Waals surface area contributed by atoms with Crippen molar-refractivity contribution in [2.45, 2.75) is 23.1 Å². The third-order valence-electron chi connectivity index (χ3n) is 2.44. The van der Waals surface area contributed by atoms with Crippen LogP contribution in [0.2, 0.25) is 9.36 Å². The van der Waals surface area contributed by atoms with Crippen LogP contribution in [0.5, 0.6) is 0 Å². The molecule has 0 radical (unpaired) electrons. The van der Waals surface area contributed by atoms with Crippen molar-refractivity contribution in [1.29, 1.82) is 0 Å². The van der Waals surface area contributed by atoms with E-state index in [0.717, 1.165) is 14.3 Å². The van der Waals surface area contributed by atoms with Crippen molar-refractivity contribution in [1.82, 2.24) is 0 Å². The molecular weight excluding hydrogens is 305 g/mol. The fourth-order valence-electron chi connectivity index (χ4n) is 1.58. The number of hydrogen-bond donors (Lipinski definition) is 1. The second kappa shape index (κ2) is 6.31. The van der Waals surface area contributed by atoms with E-state index in [4.69, 9.17) is 28.9 Å². The van der Waals surface area contributed by atoms with E-state index in [2.05, 4.69) is 0 Å². The SMILES string of the molecule is CC(N)C(Sc1ccccc1Cl)c1ccc(Cl)s1. The van der Waals surface area contributed by atoms with Crippen molar-refractivity contribution in [2.24, 2.45) is 5.73 Å². The van der Waals surface area contributed by atoms with Gasteiger partial charge in [0.25, 0.3) is 0 Å². The minimum absolute atomic E-state index is 0.0287. The Hall–Kier alpha value is -0.190. The van der Waals surface area contributed by atoms with E-state index in [9.17, 15) is 0 Å². The number of thioether (sulfide) groups is 1. The Morgan fingerprint density at radius 3 is 2.44 bits per heavy atom. The van der Waals surface area contributed by atoms with Crippen LogP contribution in [0.15, 0.2) is 41.3 Å². The Bertz CT molecular complexity index is 525. The van der Waals surface area contributed by atoms with Gasteiger partial charge in [0.15, 0.2) is 0 Å². The highest BCUT2D eigenvalue weighted by Crippen LogP contribution is 2.43. The lowest BCUT2D eigenvalue weighted by molar-refractivity contribution is 0.730. The minimum Gasteiger partial charge on any atom is -0.327 e. The predicted molar refractivity (Wildman–Crippen MR) is 83.0 cm³/mol. The van der Waals surface area contributed by atoms with E-state index >= 15 is 0 Å². The molecule has 0 spiro atoms. The van der Waals surface area contributed by atoms with Gasteiger partial charge in [-0.25, -0.2) is 0 Å². The van der Waals surface area contributed by atoms with E-state index < -0.39 is 0 Å². The number of hydrogen-bond acceptors (Lipinski definition) is 3. The summed E-state index contributed by atoms with van der Waals surface area (Å²) in [5.74, 6) is 0. The summed E-state index contributed by atoms with van der Waals surface area (Å²) in [6.45, 7) is 2.00. The molecule has 0 fully saturated rings. The summed E-state index contributed by atoms with van der Waals surface area (Å²) in [6, 6.07) is 11.8. The molecule has 18 heavy (non-hydrogen) atoms. The van der Waals surface area contributed by atoms with Gasteiger partial charge in [0.1, 0.15) is 0 Å². The van der Waals surface area contributed by atoms with E-state index in [-0.39, 0.29) is 11.3 Å². The highest BCUT2D eigenvalue weighted by atomic mass is 35.5. The molecule has 0 saturated carbocycles. The predicted octanol–water partition coefficient (Wildman–Crippen LogP) is 5.24. The van der Waals surface area contributed by atoms with Gasteiger partial charge < -0.3 is 5.73 Å². The van der Waals surface area contributed by atoms with E-state index in [0.29, 0.717) is 0 Å².